The van der Waals surface area contributed by atoms with E-state index in [2.05, 4.69) is 0 Å². The summed E-state index contributed by atoms with van der Waals surface area (Å²) in [6.07, 6.45) is 0. The van der Waals surface area contributed by atoms with Crippen LogP contribution in [0.3, 0.4) is 0 Å². The van der Waals surface area contributed by atoms with Gasteiger partial charge in [0.1, 0.15) is 0 Å². The molecule has 0 amide bonds. The zero-order chi connectivity index (χ0) is 5.98. The van der Waals surface area contributed by atoms with E-state index < -0.39 is 0 Å². The third-order valence-electron chi connectivity index (χ3n) is 0.796. The predicted octanol–water partition coefficient (Wildman–Crippen LogP) is -1.58. The average Bonchev–Trinajstić information content (AvgIpc) is 1.64. The van der Waals surface area contributed by atoms with Crippen LogP contribution in [0.25, 0.3) is 0 Å². The summed E-state index contributed by atoms with van der Waals surface area (Å²) in [7, 11) is 0. The molecule has 0 heterocycles. The van der Waals surface area contributed by atoms with Crippen LogP contribution in [0.2, 0.25) is 5.02 Å². The Morgan fingerprint density at radius 2 is 2.00 bits per heavy atom. The normalized spacial score (nSPS) is 8.11. The summed E-state index contributed by atoms with van der Waals surface area (Å²) >= 11 is 5.44. The van der Waals surface area contributed by atoms with Gasteiger partial charge in [0.25, 0.3) is 0 Å². The predicted molar refractivity (Wildman–Crippen MR) is 30.9 cm³/mol. The summed E-state index contributed by atoms with van der Waals surface area (Å²) in [5.74, 6) is -0.0440. The first-order chi connectivity index (χ1) is 3.79. The van der Waals surface area contributed by atoms with E-state index in [9.17, 15) is 5.11 Å². The maximum atomic E-state index is 10.4. The Bertz CT molecular complexity index is 173. The zero-order valence-electron chi connectivity index (χ0n) is 5.10. The largest absolute Gasteiger partial charge is 1.00 e. The molecule has 0 aliphatic carbocycles. The topological polar surface area (TPSA) is 23.1 Å². The molecule has 0 aliphatic heterocycles. The van der Waals surface area contributed by atoms with Crippen molar-refractivity contribution < 1.29 is 56.5 Å². The number of benzene rings is 1. The maximum Gasteiger partial charge on any atom is 1.00 e. The first kappa shape index (κ1) is 9.95. The minimum atomic E-state index is -0.0440. The monoisotopic (exact) mass is 166 g/mol. The van der Waals surface area contributed by atoms with Gasteiger partial charge >= 0.3 is 51.4 Å². The van der Waals surface area contributed by atoms with Gasteiger partial charge in [-0.2, -0.15) is 0 Å². The van der Waals surface area contributed by atoms with Crippen LogP contribution in [-0.4, -0.2) is 0 Å². The van der Waals surface area contributed by atoms with Crippen LogP contribution in [0.5, 0.6) is 5.75 Å². The van der Waals surface area contributed by atoms with E-state index in [1.54, 1.807) is 12.1 Å². The minimum Gasteiger partial charge on any atom is -0.872 e. The standard InChI is InChI=1S/C6H5ClO.K/c7-5-2-1-3-6(8)4-5;/h1-4,8H;/q;+1/p-1. The zero-order valence-corrected chi connectivity index (χ0v) is 8.97. The summed E-state index contributed by atoms with van der Waals surface area (Å²) in [5, 5.41) is 10.9. The molecule has 0 N–H and O–H groups in total. The molecule has 1 aromatic carbocycles. The molecule has 1 nitrogen and oxygen atoms in total. The van der Waals surface area contributed by atoms with Gasteiger partial charge in [-0.1, -0.05) is 29.8 Å². The Labute approximate surface area is 101 Å². The van der Waals surface area contributed by atoms with Crippen molar-refractivity contribution in [2.75, 3.05) is 0 Å². The first-order valence-corrected chi connectivity index (χ1v) is 2.59. The van der Waals surface area contributed by atoms with Gasteiger partial charge in [0, 0.05) is 5.02 Å². The summed E-state index contributed by atoms with van der Waals surface area (Å²) < 4.78 is 0. The molecule has 3 heteroatoms. The first-order valence-electron chi connectivity index (χ1n) is 2.21. The Hall–Kier alpha value is 0.946. The second kappa shape index (κ2) is 4.71. The number of hydrogen-bond donors (Lipinski definition) is 0. The van der Waals surface area contributed by atoms with Gasteiger partial charge in [-0.25, -0.2) is 0 Å². The Morgan fingerprint density at radius 1 is 1.33 bits per heavy atom. The molecule has 0 bridgehead atoms. The van der Waals surface area contributed by atoms with Crippen LogP contribution >= 0.6 is 11.6 Å². The summed E-state index contributed by atoms with van der Waals surface area (Å²) in [6.45, 7) is 0. The van der Waals surface area contributed by atoms with Crippen molar-refractivity contribution in [3.05, 3.63) is 29.3 Å². The van der Waals surface area contributed by atoms with Crippen LogP contribution < -0.4 is 56.5 Å². The fourth-order valence-electron chi connectivity index (χ4n) is 0.467. The SMILES string of the molecule is [K+].[O-]c1cccc(Cl)c1. The van der Waals surface area contributed by atoms with Gasteiger partial charge in [-0.3, -0.25) is 0 Å². The maximum absolute atomic E-state index is 10.4. The van der Waals surface area contributed by atoms with E-state index in [0.29, 0.717) is 5.02 Å². The second-order valence-corrected chi connectivity index (χ2v) is 1.89. The smallest absolute Gasteiger partial charge is 0.872 e. The minimum absolute atomic E-state index is 0. The molecule has 0 aliphatic rings. The molecule has 1 aromatic rings. The molecular formula is C6H4ClKO. The molecule has 0 aromatic heterocycles. The van der Waals surface area contributed by atoms with Crippen LogP contribution in [0.4, 0.5) is 0 Å². The fraction of sp³-hybridized carbons (Fsp3) is 0. The molecule has 1 rings (SSSR count). The van der Waals surface area contributed by atoms with Crippen molar-refractivity contribution in [1.29, 1.82) is 0 Å². The average molecular weight is 167 g/mol. The molecule has 0 fully saturated rings. The molecule has 0 radical (unpaired) electrons. The van der Waals surface area contributed by atoms with Crippen LogP contribution in [0.15, 0.2) is 24.3 Å². The third-order valence-corrected chi connectivity index (χ3v) is 1.03. The van der Waals surface area contributed by atoms with Crippen molar-refractivity contribution >= 4 is 11.6 Å². The number of rotatable bonds is 0. The van der Waals surface area contributed by atoms with E-state index >= 15 is 0 Å². The van der Waals surface area contributed by atoms with Gasteiger partial charge in [-0.15, -0.1) is 5.75 Å². The van der Waals surface area contributed by atoms with Crippen molar-refractivity contribution in [2.45, 2.75) is 0 Å². The molecular weight excluding hydrogens is 163 g/mol. The van der Waals surface area contributed by atoms with Gasteiger partial charge < -0.3 is 5.11 Å². The van der Waals surface area contributed by atoms with Gasteiger partial charge in [0.15, 0.2) is 0 Å². The van der Waals surface area contributed by atoms with Crippen molar-refractivity contribution in [3.63, 3.8) is 0 Å². The van der Waals surface area contributed by atoms with E-state index in [4.69, 9.17) is 11.6 Å². The summed E-state index contributed by atoms with van der Waals surface area (Å²) in [4.78, 5) is 0. The molecule has 0 saturated heterocycles. The molecule has 9 heavy (non-hydrogen) atoms. The number of halogens is 1. The van der Waals surface area contributed by atoms with Crippen molar-refractivity contribution in [3.8, 4) is 5.75 Å². The van der Waals surface area contributed by atoms with E-state index in [1.807, 2.05) is 0 Å². The van der Waals surface area contributed by atoms with Gasteiger partial charge in [0.05, 0.1) is 0 Å². The molecule has 0 saturated carbocycles. The van der Waals surface area contributed by atoms with Crippen molar-refractivity contribution in [2.24, 2.45) is 0 Å². The van der Waals surface area contributed by atoms with E-state index in [1.165, 1.54) is 12.1 Å². The Balaban J connectivity index is 0.000000640. The van der Waals surface area contributed by atoms with Crippen LogP contribution in [-0.2, 0) is 0 Å². The van der Waals surface area contributed by atoms with Gasteiger partial charge in [0.2, 0.25) is 0 Å². The Kier molecular flexibility index (Phi) is 5.21. The van der Waals surface area contributed by atoms with E-state index in [-0.39, 0.29) is 57.1 Å². The van der Waals surface area contributed by atoms with Crippen molar-refractivity contribution in [1.82, 2.24) is 0 Å². The van der Waals surface area contributed by atoms with Gasteiger partial charge in [-0.05, 0) is 6.07 Å². The Morgan fingerprint density at radius 3 is 2.33 bits per heavy atom. The number of hydrogen-bond acceptors (Lipinski definition) is 1. The second-order valence-electron chi connectivity index (χ2n) is 1.46. The molecule has 42 valence electrons. The molecule has 0 unspecified atom stereocenters. The van der Waals surface area contributed by atoms with Crippen LogP contribution in [0.1, 0.15) is 0 Å². The third kappa shape index (κ3) is 3.60. The fourth-order valence-corrected chi connectivity index (χ4v) is 0.647. The summed E-state index contributed by atoms with van der Waals surface area (Å²) in [5.41, 5.74) is 0. The molecule has 0 atom stereocenters. The van der Waals surface area contributed by atoms with E-state index in [0.717, 1.165) is 0 Å². The van der Waals surface area contributed by atoms with Crippen LogP contribution in [0, 0.1) is 0 Å². The molecule has 0 spiro atoms. The quantitative estimate of drug-likeness (QED) is 0.427. The summed E-state index contributed by atoms with van der Waals surface area (Å²) in [6, 6.07) is 6.14.